The molecule has 2 saturated carbocycles. The van der Waals surface area contributed by atoms with Crippen molar-refractivity contribution in [1.29, 1.82) is 0 Å². The Morgan fingerprint density at radius 2 is 1.62 bits per heavy atom. The molecule has 3 heteroatoms. The molecule has 118 valence electrons. The highest BCUT2D eigenvalue weighted by Crippen LogP contribution is 2.26. The lowest BCUT2D eigenvalue weighted by atomic mass is 9.97. The summed E-state index contributed by atoms with van der Waals surface area (Å²) in [6, 6.07) is 0. The molecule has 0 radical (unpaired) electrons. The van der Waals surface area contributed by atoms with Crippen molar-refractivity contribution in [3.8, 4) is 0 Å². The van der Waals surface area contributed by atoms with Gasteiger partial charge in [0.15, 0.2) is 0 Å². The summed E-state index contributed by atoms with van der Waals surface area (Å²) in [5, 5.41) is 7.24. The van der Waals surface area contributed by atoms with Gasteiger partial charge in [-0.2, -0.15) is 0 Å². The van der Waals surface area contributed by atoms with Crippen molar-refractivity contribution in [2.75, 3.05) is 13.1 Å². The molecular formula is C18H31N3. The summed E-state index contributed by atoms with van der Waals surface area (Å²) in [5.41, 5.74) is 7.48. The zero-order valence-corrected chi connectivity index (χ0v) is 13.2. The maximum absolute atomic E-state index is 6.53. The lowest BCUT2D eigenvalue weighted by molar-refractivity contribution is 0.354. The summed E-state index contributed by atoms with van der Waals surface area (Å²) < 4.78 is 0. The van der Waals surface area contributed by atoms with E-state index in [9.17, 15) is 0 Å². The van der Waals surface area contributed by atoms with E-state index in [0.717, 1.165) is 31.3 Å². The Balaban J connectivity index is 1.44. The first kappa shape index (κ1) is 15.1. The van der Waals surface area contributed by atoms with Crippen molar-refractivity contribution in [1.82, 2.24) is 10.6 Å². The van der Waals surface area contributed by atoms with Crippen LogP contribution < -0.4 is 16.4 Å². The summed E-state index contributed by atoms with van der Waals surface area (Å²) in [7, 11) is 0. The molecule has 21 heavy (non-hydrogen) atoms. The molecule has 3 aliphatic rings. The lowest BCUT2D eigenvalue weighted by Gasteiger charge is -2.32. The average Bonchev–Trinajstić information content (AvgIpc) is 3.17. The van der Waals surface area contributed by atoms with Crippen LogP contribution in [0, 0.1) is 11.8 Å². The van der Waals surface area contributed by atoms with Gasteiger partial charge >= 0.3 is 0 Å². The van der Waals surface area contributed by atoms with Crippen LogP contribution in [-0.4, -0.2) is 18.8 Å². The molecule has 1 unspecified atom stereocenters. The van der Waals surface area contributed by atoms with Crippen molar-refractivity contribution in [2.24, 2.45) is 17.6 Å². The smallest absolute Gasteiger partial charge is 0.0912 e. The third kappa shape index (κ3) is 4.33. The van der Waals surface area contributed by atoms with Gasteiger partial charge in [0.1, 0.15) is 0 Å². The summed E-state index contributed by atoms with van der Waals surface area (Å²) >= 11 is 0. The van der Waals surface area contributed by atoms with Gasteiger partial charge < -0.3 is 11.1 Å². The minimum Gasteiger partial charge on any atom is -0.388 e. The highest BCUT2D eigenvalue weighted by atomic mass is 15.1. The number of hydrogen-bond donors (Lipinski definition) is 3. The first-order valence-electron chi connectivity index (χ1n) is 8.90. The number of hydrogen-bond acceptors (Lipinski definition) is 3. The Labute approximate surface area is 129 Å². The monoisotopic (exact) mass is 289 g/mol. The van der Waals surface area contributed by atoms with E-state index in [0.29, 0.717) is 0 Å². The molecule has 0 heterocycles. The third-order valence-corrected chi connectivity index (χ3v) is 5.46. The Hall–Kier alpha value is -0.800. The maximum Gasteiger partial charge on any atom is 0.0912 e. The van der Waals surface area contributed by atoms with Crippen LogP contribution in [0.3, 0.4) is 0 Å². The lowest BCUT2D eigenvalue weighted by Crippen LogP contribution is -2.54. The summed E-state index contributed by atoms with van der Waals surface area (Å²) in [6.45, 7) is 2.19. The highest BCUT2D eigenvalue weighted by Gasteiger charge is 2.27. The number of rotatable bonds is 6. The molecule has 0 aromatic rings. The molecule has 0 aliphatic heterocycles. The summed E-state index contributed by atoms with van der Waals surface area (Å²) in [4.78, 5) is 0. The predicted octanol–water partition coefficient (Wildman–Crippen LogP) is 3.04. The second-order valence-electron chi connectivity index (χ2n) is 7.33. The fourth-order valence-electron chi connectivity index (χ4n) is 4.05. The van der Waals surface area contributed by atoms with Crippen LogP contribution in [0.15, 0.2) is 23.9 Å². The molecule has 0 bridgehead atoms. The van der Waals surface area contributed by atoms with Gasteiger partial charge in [-0.05, 0) is 56.2 Å². The summed E-state index contributed by atoms with van der Waals surface area (Å²) in [5.74, 6) is 1.70. The van der Waals surface area contributed by atoms with Crippen LogP contribution in [-0.2, 0) is 0 Å². The topological polar surface area (TPSA) is 50.1 Å². The van der Waals surface area contributed by atoms with Crippen molar-refractivity contribution in [3.63, 3.8) is 0 Å². The second kappa shape index (κ2) is 6.97. The van der Waals surface area contributed by atoms with Crippen molar-refractivity contribution >= 4 is 0 Å². The van der Waals surface area contributed by atoms with Crippen molar-refractivity contribution in [2.45, 2.75) is 63.5 Å². The van der Waals surface area contributed by atoms with Gasteiger partial charge in [0, 0.05) is 18.7 Å². The molecule has 1 atom stereocenters. The van der Waals surface area contributed by atoms with Gasteiger partial charge in [-0.25, -0.2) is 0 Å². The standard InChI is InChI=1S/C18H31N3/c19-18(21-14-16-8-3-4-9-16)11-5-10-17(12-18)20-13-15-6-1-2-7-15/h5,10-11,15-16,20-21H,1-4,6-9,12-14,19H2. The van der Waals surface area contributed by atoms with Gasteiger partial charge in [0.25, 0.3) is 0 Å². The molecule has 3 rings (SSSR count). The quantitative estimate of drug-likeness (QED) is 0.659. The van der Waals surface area contributed by atoms with Gasteiger partial charge in [0.05, 0.1) is 5.66 Å². The molecule has 3 nitrogen and oxygen atoms in total. The Morgan fingerprint density at radius 3 is 2.29 bits per heavy atom. The average molecular weight is 289 g/mol. The van der Waals surface area contributed by atoms with E-state index in [1.807, 2.05) is 0 Å². The molecule has 0 amide bonds. The summed E-state index contributed by atoms with van der Waals surface area (Å²) in [6.07, 6.45) is 18.5. The fraction of sp³-hybridized carbons (Fsp3) is 0.778. The maximum atomic E-state index is 6.53. The van der Waals surface area contributed by atoms with Crippen molar-refractivity contribution < 1.29 is 0 Å². The Kier molecular flexibility index (Phi) is 5.02. The van der Waals surface area contributed by atoms with Crippen LogP contribution in [0.2, 0.25) is 0 Å². The first-order valence-corrected chi connectivity index (χ1v) is 8.90. The minimum absolute atomic E-state index is 0.352. The van der Waals surface area contributed by atoms with Gasteiger partial charge in [-0.15, -0.1) is 0 Å². The minimum atomic E-state index is -0.352. The molecule has 4 N–H and O–H groups in total. The molecule has 0 aromatic carbocycles. The van der Waals surface area contributed by atoms with E-state index in [2.05, 4.69) is 28.9 Å². The van der Waals surface area contributed by atoms with E-state index in [-0.39, 0.29) is 5.66 Å². The van der Waals surface area contributed by atoms with Crippen LogP contribution in [0.5, 0.6) is 0 Å². The van der Waals surface area contributed by atoms with Crippen LogP contribution in [0.4, 0.5) is 0 Å². The molecule has 2 fully saturated rings. The van der Waals surface area contributed by atoms with Crippen molar-refractivity contribution in [3.05, 3.63) is 23.9 Å². The first-order chi connectivity index (χ1) is 10.2. The van der Waals surface area contributed by atoms with E-state index < -0.39 is 0 Å². The highest BCUT2D eigenvalue weighted by molar-refractivity contribution is 5.25. The number of allylic oxidation sites excluding steroid dienone is 2. The van der Waals surface area contributed by atoms with Crippen LogP contribution >= 0.6 is 0 Å². The third-order valence-electron chi connectivity index (χ3n) is 5.46. The van der Waals surface area contributed by atoms with E-state index in [1.54, 1.807) is 0 Å². The van der Waals surface area contributed by atoms with Crippen LogP contribution in [0.25, 0.3) is 0 Å². The van der Waals surface area contributed by atoms with E-state index in [1.165, 1.54) is 57.1 Å². The van der Waals surface area contributed by atoms with E-state index >= 15 is 0 Å². The molecule has 0 aromatic heterocycles. The predicted molar refractivity (Wildman–Crippen MR) is 88.7 cm³/mol. The zero-order valence-electron chi connectivity index (χ0n) is 13.2. The second-order valence-corrected chi connectivity index (χ2v) is 7.33. The van der Waals surface area contributed by atoms with Gasteiger partial charge in [0.2, 0.25) is 0 Å². The molecule has 3 aliphatic carbocycles. The Bertz CT molecular complexity index is 389. The Morgan fingerprint density at radius 1 is 1.00 bits per heavy atom. The van der Waals surface area contributed by atoms with Crippen LogP contribution in [0.1, 0.15) is 57.8 Å². The molecular weight excluding hydrogens is 258 g/mol. The van der Waals surface area contributed by atoms with Gasteiger partial charge in [-0.1, -0.05) is 31.8 Å². The van der Waals surface area contributed by atoms with Gasteiger partial charge in [-0.3, -0.25) is 5.32 Å². The SMILES string of the molecule is NC1(NCC2CCCC2)C=CC=C(NCC2CCCC2)C1. The number of nitrogens with one attached hydrogen (secondary N) is 2. The molecule has 0 spiro atoms. The normalized spacial score (nSPS) is 30.8. The fourth-order valence-corrected chi connectivity index (χ4v) is 4.05. The number of nitrogens with two attached hydrogens (primary N) is 1. The zero-order chi connectivity index (χ0) is 14.5. The van der Waals surface area contributed by atoms with E-state index in [4.69, 9.17) is 5.73 Å². The molecule has 0 saturated heterocycles. The largest absolute Gasteiger partial charge is 0.388 e.